The molecule has 1 atom stereocenters. The summed E-state index contributed by atoms with van der Waals surface area (Å²) in [7, 11) is 5.90. The molecule has 4 heteroatoms. The molecule has 1 aromatic carbocycles. The molecular formula is C20H34N2O2. The van der Waals surface area contributed by atoms with Crippen LogP contribution in [-0.2, 0) is 6.42 Å². The number of likely N-dealkylation sites (tertiary alicyclic amines) is 1. The molecule has 0 spiro atoms. The summed E-state index contributed by atoms with van der Waals surface area (Å²) >= 11 is 0. The summed E-state index contributed by atoms with van der Waals surface area (Å²) in [4.78, 5) is 4.80. The minimum absolute atomic E-state index is 0.0930. The van der Waals surface area contributed by atoms with E-state index in [1.807, 2.05) is 12.1 Å². The van der Waals surface area contributed by atoms with E-state index in [1.54, 1.807) is 7.11 Å². The monoisotopic (exact) mass is 334 g/mol. The Morgan fingerprint density at radius 1 is 1.21 bits per heavy atom. The Balaban J connectivity index is 1.80. The molecule has 4 nitrogen and oxygen atoms in total. The number of aliphatic hydroxyl groups excluding tert-OH is 1. The lowest BCUT2D eigenvalue weighted by Gasteiger charge is -2.44. The summed E-state index contributed by atoms with van der Waals surface area (Å²) in [6, 6.07) is 8.99. The topological polar surface area (TPSA) is 35.9 Å². The average molecular weight is 335 g/mol. The van der Waals surface area contributed by atoms with E-state index in [0.29, 0.717) is 12.6 Å². The van der Waals surface area contributed by atoms with Crippen LogP contribution in [0.3, 0.4) is 0 Å². The van der Waals surface area contributed by atoms with Crippen LogP contribution in [0.2, 0.25) is 0 Å². The van der Waals surface area contributed by atoms with E-state index in [1.165, 1.54) is 12.0 Å². The smallest absolute Gasteiger partial charge is 0.118 e. The van der Waals surface area contributed by atoms with Gasteiger partial charge >= 0.3 is 0 Å². The standard InChI is InChI=1S/C20H34N2O2/c1-17(5-6-18-7-9-19(24-4)10-8-18)22-13-11-20(16-23,12-14-22)15-21(2)3/h7-10,17,23H,5-6,11-16H2,1-4H3. The first kappa shape index (κ1) is 19.2. The van der Waals surface area contributed by atoms with Crippen molar-refractivity contribution in [2.24, 2.45) is 5.41 Å². The molecular weight excluding hydrogens is 300 g/mol. The summed E-state index contributed by atoms with van der Waals surface area (Å²) in [5.41, 5.74) is 1.47. The van der Waals surface area contributed by atoms with Crippen molar-refractivity contribution in [3.05, 3.63) is 29.8 Å². The highest BCUT2D eigenvalue weighted by atomic mass is 16.5. The predicted molar refractivity (Wildman–Crippen MR) is 99.7 cm³/mol. The number of ether oxygens (including phenoxy) is 1. The first-order valence-electron chi connectivity index (χ1n) is 9.10. The zero-order valence-electron chi connectivity index (χ0n) is 15.8. The van der Waals surface area contributed by atoms with Crippen LogP contribution in [0.4, 0.5) is 0 Å². The molecule has 0 bridgehead atoms. The molecule has 1 aliphatic heterocycles. The van der Waals surface area contributed by atoms with E-state index in [2.05, 4.69) is 43.0 Å². The Labute approximate surface area is 147 Å². The molecule has 24 heavy (non-hydrogen) atoms. The molecule has 1 aliphatic rings. The fraction of sp³-hybridized carbons (Fsp3) is 0.700. The van der Waals surface area contributed by atoms with E-state index >= 15 is 0 Å². The maximum atomic E-state index is 9.85. The maximum absolute atomic E-state index is 9.85. The van der Waals surface area contributed by atoms with Crippen molar-refractivity contribution in [3.63, 3.8) is 0 Å². The van der Waals surface area contributed by atoms with Gasteiger partial charge in [0.2, 0.25) is 0 Å². The Morgan fingerprint density at radius 3 is 2.33 bits per heavy atom. The largest absolute Gasteiger partial charge is 0.497 e. The van der Waals surface area contributed by atoms with Gasteiger partial charge in [0, 0.05) is 18.0 Å². The van der Waals surface area contributed by atoms with Crippen molar-refractivity contribution < 1.29 is 9.84 Å². The van der Waals surface area contributed by atoms with Crippen LogP contribution >= 0.6 is 0 Å². The van der Waals surface area contributed by atoms with E-state index in [-0.39, 0.29) is 5.41 Å². The van der Waals surface area contributed by atoms with Crippen LogP contribution in [0.5, 0.6) is 5.75 Å². The van der Waals surface area contributed by atoms with Crippen molar-refractivity contribution in [1.29, 1.82) is 0 Å². The molecule has 2 rings (SSSR count). The number of hydrogen-bond donors (Lipinski definition) is 1. The third kappa shape index (κ3) is 5.20. The summed E-state index contributed by atoms with van der Waals surface area (Å²) in [6.45, 7) is 5.81. The SMILES string of the molecule is COc1ccc(CCC(C)N2CCC(CO)(CN(C)C)CC2)cc1. The van der Waals surface area contributed by atoms with Gasteiger partial charge in [0.05, 0.1) is 13.7 Å². The molecule has 0 aliphatic carbocycles. The van der Waals surface area contributed by atoms with Gasteiger partial charge in [0.1, 0.15) is 5.75 Å². The number of benzene rings is 1. The highest BCUT2D eigenvalue weighted by molar-refractivity contribution is 5.27. The van der Waals surface area contributed by atoms with E-state index < -0.39 is 0 Å². The highest BCUT2D eigenvalue weighted by Gasteiger charge is 2.35. The van der Waals surface area contributed by atoms with E-state index in [4.69, 9.17) is 4.74 Å². The molecule has 1 unspecified atom stereocenters. The van der Waals surface area contributed by atoms with Crippen LogP contribution in [0.15, 0.2) is 24.3 Å². The number of rotatable bonds is 8. The fourth-order valence-electron chi connectivity index (χ4n) is 3.83. The summed E-state index contributed by atoms with van der Waals surface area (Å²) in [5, 5.41) is 9.85. The Bertz CT molecular complexity index is 479. The van der Waals surface area contributed by atoms with Crippen molar-refractivity contribution in [2.45, 2.75) is 38.6 Å². The highest BCUT2D eigenvalue weighted by Crippen LogP contribution is 2.32. The zero-order valence-corrected chi connectivity index (χ0v) is 15.8. The Kier molecular flexibility index (Phi) is 7.08. The predicted octanol–water partition coefficient (Wildman–Crippen LogP) is 2.65. The van der Waals surface area contributed by atoms with Gasteiger partial charge < -0.3 is 19.6 Å². The van der Waals surface area contributed by atoms with Gasteiger partial charge in [-0.15, -0.1) is 0 Å². The van der Waals surface area contributed by atoms with Gasteiger partial charge in [-0.1, -0.05) is 12.1 Å². The van der Waals surface area contributed by atoms with Gasteiger partial charge in [0.15, 0.2) is 0 Å². The molecule has 1 aromatic rings. The summed E-state index contributed by atoms with van der Waals surface area (Å²) < 4.78 is 5.22. The fourth-order valence-corrected chi connectivity index (χ4v) is 3.83. The molecule has 0 saturated carbocycles. The molecule has 0 amide bonds. The minimum Gasteiger partial charge on any atom is -0.497 e. The van der Waals surface area contributed by atoms with E-state index in [9.17, 15) is 5.11 Å². The van der Waals surface area contributed by atoms with Crippen LogP contribution in [0.1, 0.15) is 31.7 Å². The molecule has 1 heterocycles. The number of aliphatic hydroxyl groups is 1. The number of hydrogen-bond acceptors (Lipinski definition) is 4. The van der Waals surface area contributed by atoms with Crippen molar-refractivity contribution >= 4 is 0 Å². The second-order valence-electron chi connectivity index (χ2n) is 7.67. The van der Waals surface area contributed by atoms with Crippen molar-refractivity contribution in [2.75, 3.05) is 47.4 Å². The quantitative estimate of drug-likeness (QED) is 0.793. The minimum atomic E-state index is 0.0930. The van der Waals surface area contributed by atoms with Gasteiger partial charge in [-0.3, -0.25) is 0 Å². The number of aryl methyl sites for hydroxylation is 1. The van der Waals surface area contributed by atoms with Crippen LogP contribution < -0.4 is 4.74 Å². The molecule has 1 N–H and O–H groups in total. The van der Waals surface area contributed by atoms with Crippen molar-refractivity contribution in [3.8, 4) is 5.75 Å². The van der Waals surface area contributed by atoms with Crippen LogP contribution in [0.25, 0.3) is 0 Å². The lowest BCUT2D eigenvalue weighted by Crippen LogP contribution is -2.49. The first-order valence-corrected chi connectivity index (χ1v) is 9.10. The number of nitrogens with zero attached hydrogens (tertiary/aromatic N) is 2. The van der Waals surface area contributed by atoms with Gasteiger partial charge in [-0.25, -0.2) is 0 Å². The third-order valence-electron chi connectivity index (χ3n) is 5.48. The first-order chi connectivity index (χ1) is 11.5. The normalized spacial score (nSPS) is 19.4. The maximum Gasteiger partial charge on any atom is 0.118 e. The van der Waals surface area contributed by atoms with Crippen LogP contribution in [0, 0.1) is 5.41 Å². The number of methoxy groups -OCH3 is 1. The molecule has 1 fully saturated rings. The Morgan fingerprint density at radius 2 is 1.83 bits per heavy atom. The summed E-state index contributed by atoms with van der Waals surface area (Å²) in [6.07, 6.45) is 4.46. The zero-order chi connectivity index (χ0) is 17.6. The van der Waals surface area contributed by atoms with Crippen molar-refractivity contribution in [1.82, 2.24) is 9.80 Å². The molecule has 0 radical (unpaired) electrons. The Hall–Kier alpha value is -1.10. The number of piperidine rings is 1. The van der Waals surface area contributed by atoms with Gasteiger partial charge in [0.25, 0.3) is 0 Å². The second kappa shape index (κ2) is 8.84. The van der Waals surface area contributed by atoms with Gasteiger partial charge in [-0.2, -0.15) is 0 Å². The lowest BCUT2D eigenvalue weighted by molar-refractivity contribution is 0.0119. The lowest BCUT2D eigenvalue weighted by atomic mass is 9.78. The average Bonchev–Trinajstić information content (AvgIpc) is 2.60. The molecule has 0 aromatic heterocycles. The molecule has 1 saturated heterocycles. The summed E-state index contributed by atoms with van der Waals surface area (Å²) in [5.74, 6) is 0.920. The van der Waals surface area contributed by atoms with Gasteiger partial charge in [-0.05, 0) is 77.5 Å². The second-order valence-corrected chi connectivity index (χ2v) is 7.67. The molecule has 136 valence electrons. The van der Waals surface area contributed by atoms with E-state index in [0.717, 1.165) is 44.6 Å². The van der Waals surface area contributed by atoms with Crippen LogP contribution in [-0.4, -0.2) is 68.4 Å². The third-order valence-corrected chi connectivity index (χ3v) is 5.48.